The highest BCUT2D eigenvalue weighted by Gasteiger charge is 2.33. The van der Waals surface area contributed by atoms with E-state index in [2.05, 4.69) is 12.2 Å². The van der Waals surface area contributed by atoms with Crippen molar-refractivity contribution < 1.29 is 14.7 Å². The maximum Gasteiger partial charge on any atom is 0.326 e. The van der Waals surface area contributed by atoms with Crippen molar-refractivity contribution in [3.8, 4) is 0 Å². The van der Waals surface area contributed by atoms with E-state index >= 15 is 0 Å². The van der Waals surface area contributed by atoms with Gasteiger partial charge in [-0.25, -0.2) is 9.59 Å². The van der Waals surface area contributed by atoms with Gasteiger partial charge in [-0.3, -0.25) is 0 Å². The zero-order valence-electron chi connectivity index (χ0n) is 11.3. The number of carbonyl (C=O) groups is 2. The Balaban J connectivity index is 2.50. The lowest BCUT2D eigenvalue weighted by atomic mass is 10.2. The number of rotatable bonds is 8. The van der Waals surface area contributed by atoms with Crippen LogP contribution in [-0.4, -0.2) is 40.6 Å². The second-order valence-electron chi connectivity index (χ2n) is 4.91. The molecule has 1 atom stereocenters. The molecule has 0 bridgehead atoms. The summed E-state index contributed by atoms with van der Waals surface area (Å²) in [6, 6.07) is -0.648. The second kappa shape index (κ2) is 7.24. The lowest BCUT2D eigenvalue weighted by molar-refractivity contribution is -0.139. The zero-order valence-corrected chi connectivity index (χ0v) is 11.3. The summed E-state index contributed by atoms with van der Waals surface area (Å²) < 4.78 is 0. The van der Waals surface area contributed by atoms with E-state index in [1.165, 1.54) is 0 Å². The third-order valence-corrected chi connectivity index (χ3v) is 3.17. The van der Waals surface area contributed by atoms with Crippen LogP contribution in [0.1, 0.15) is 52.4 Å². The van der Waals surface area contributed by atoms with Gasteiger partial charge in [0.05, 0.1) is 0 Å². The van der Waals surface area contributed by atoms with Crippen LogP contribution in [0.2, 0.25) is 0 Å². The van der Waals surface area contributed by atoms with Gasteiger partial charge in [-0.1, -0.05) is 26.7 Å². The monoisotopic (exact) mass is 256 g/mol. The van der Waals surface area contributed by atoms with Crippen LogP contribution in [0.15, 0.2) is 0 Å². The van der Waals surface area contributed by atoms with Crippen LogP contribution in [0.25, 0.3) is 0 Å². The number of aliphatic carboxylic acids is 1. The maximum atomic E-state index is 12.1. The molecule has 0 unspecified atom stereocenters. The van der Waals surface area contributed by atoms with Crippen molar-refractivity contribution in [1.29, 1.82) is 0 Å². The van der Waals surface area contributed by atoms with Gasteiger partial charge in [-0.15, -0.1) is 0 Å². The van der Waals surface area contributed by atoms with Gasteiger partial charge in [0, 0.05) is 12.6 Å². The Bertz CT molecular complexity index is 290. The Labute approximate surface area is 109 Å². The van der Waals surface area contributed by atoms with Crippen molar-refractivity contribution in [1.82, 2.24) is 10.2 Å². The largest absolute Gasteiger partial charge is 0.480 e. The van der Waals surface area contributed by atoms with Gasteiger partial charge in [-0.05, 0) is 25.7 Å². The summed E-state index contributed by atoms with van der Waals surface area (Å²) >= 11 is 0. The van der Waals surface area contributed by atoms with E-state index in [-0.39, 0.29) is 6.03 Å². The van der Waals surface area contributed by atoms with Crippen LogP contribution >= 0.6 is 0 Å². The summed E-state index contributed by atoms with van der Waals surface area (Å²) in [5, 5.41) is 11.7. The summed E-state index contributed by atoms with van der Waals surface area (Å²) in [5.41, 5.74) is 0. The fraction of sp³-hybridized carbons (Fsp3) is 0.846. The second-order valence-corrected chi connectivity index (χ2v) is 4.91. The third-order valence-electron chi connectivity index (χ3n) is 3.17. The molecule has 0 aromatic rings. The summed E-state index contributed by atoms with van der Waals surface area (Å²) in [6.45, 7) is 4.73. The van der Waals surface area contributed by atoms with E-state index in [0.29, 0.717) is 12.5 Å². The molecule has 1 rings (SSSR count). The minimum atomic E-state index is -0.948. The molecule has 0 aliphatic heterocycles. The number of carboxylic acids is 1. The Morgan fingerprint density at radius 2 is 2.00 bits per heavy atom. The molecule has 1 fully saturated rings. The molecule has 104 valence electrons. The molecule has 5 heteroatoms. The molecule has 2 N–H and O–H groups in total. The first-order chi connectivity index (χ1) is 8.60. The first kappa shape index (κ1) is 14.8. The van der Waals surface area contributed by atoms with Crippen LogP contribution in [0.4, 0.5) is 4.79 Å². The number of hydrogen-bond donors (Lipinski definition) is 2. The highest BCUT2D eigenvalue weighted by molar-refractivity contribution is 5.82. The smallest absolute Gasteiger partial charge is 0.326 e. The molecule has 5 nitrogen and oxygen atoms in total. The molecule has 1 saturated carbocycles. The Hall–Kier alpha value is -1.26. The molecule has 0 heterocycles. The number of hydrogen-bond acceptors (Lipinski definition) is 2. The number of amides is 2. The molecule has 0 spiro atoms. The van der Waals surface area contributed by atoms with Crippen molar-refractivity contribution in [2.45, 2.75) is 64.5 Å². The predicted octanol–water partition coefficient (Wildman–Crippen LogP) is 2.21. The zero-order chi connectivity index (χ0) is 13.5. The van der Waals surface area contributed by atoms with Crippen molar-refractivity contribution in [2.24, 2.45) is 0 Å². The standard InChI is InChI=1S/C13H24N2O3/c1-3-5-9-15(10-7-8-10)13(18)14-11(6-4-2)12(16)17/h10-11H,3-9H2,1-2H3,(H,14,18)(H,16,17)/t11-/m1/s1. The first-order valence-electron chi connectivity index (χ1n) is 6.90. The minimum absolute atomic E-state index is 0.216. The van der Waals surface area contributed by atoms with Crippen molar-refractivity contribution >= 4 is 12.0 Å². The summed E-state index contributed by atoms with van der Waals surface area (Å²) in [7, 11) is 0. The van der Waals surface area contributed by atoms with Gasteiger partial charge < -0.3 is 15.3 Å². The highest BCUT2D eigenvalue weighted by atomic mass is 16.4. The summed E-state index contributed by atoms with van der Waals surface area (Å²) in [6.07, 6.45) is 5.32. The third kappa shape index (κ3) is 4.55. The molecule has 0 radical (unpaired) electrons. The number of nitrogens with one attached hydrogen (secondary N) is 1. The fourth-order valence-corrected chi connectivity index (χ4v) is 1.94. The summed E-state index contributed by atoms with van der Waals surface area (Å²) in [4.78, 5) is 24.9. The van der Waals surface area contributed by atoms with Crippen LogP contribution in [0, 0.1) is 0 Å². The van der Waals surface area contributed by atoms with E-state index < -0.39 is 12.0 Å². The minimum Gasteiger partial charge on any atom is -0.480 e. The van der Waals surface area contributed by atoms with Gasteiger partial charge in [-0.2, -0.15) is 0 Å². The molecule has 0 aromatic heterocycles. The maximum absolute atomic E-state index is 12.1. The lowest BCUT2D eigenvalue weighted by Crippen LogP contribution is -2.49. The molecule has 1 aliphatic rings. The van der Waals surface area contributed by atoms with Crippen molar-refractivity contribution in [3.05, 3.63) is 0 Å². The topological polar surface area (TPSA) is 69.6 Å². The van der Waals surface area contributed by atoms with E-state index in [1.54, 1.807) is 4.90 Å². The number of unbranched alkanes of at least 4 members (excludes halogenated alkanes) is 1. The number of carboxylic acid groups (broad SMARTS) is 1. The Morgan fingerprint density at radius 3 is 2.44 bits per heavy atom. The Morgan fingerprint density at radius 1 is 1.33 bits per heavy atom. The van der Waals surface area contributed by atoms with E-state index in [1.807, 2.05) is 6.92 Å². The molecule has 0 saturated heterocycles. The van der Waals surface area contributed by atoms with E-state index in [4.69, 9.17) is 5.11 Å². The normalized spacial score (nSPS) is 16.1. The number of nitrogens with zero attached hydrogens (tertiary/aromatic N) is 1. The molecule has 0 aromatic carbocycles. The molecular formula is C13H24N2O3. The average Bonchev–Trinajstić information content (AvgIpc) is 3.13. The number of urea groups is 1. The Kier molecular flexibility index (Phi) is 5.95. The first-order valence-corrected chi connectivity index (χ1v) is 6.90. The molecular weight excluding hydrogens is 232 g/mol. The van der Waals surface area contributed by atoms with Crippen LogP contribution in [-0.2, 0) is 4.79 Å². The van der Waals surface area contributed by atoms with Gasteiger partial charge in [0.2, 0.25) is 0 Å². The highest BCUT2D eigenvalue weighted by Crippen LogP contribution is 2.27. The number of carbonyl (C=O) groups excluding carboxylic acids is 1. The van der Waals surface area contributed by atoms with Gasteiger partial charge >= 0.3 is 12.0 Å². The quantitative estimate of drug-likeness (QED) is 0.699. The van der Waals surface area contributed by atoms with Gasteiger partial charge in [0.15, 0.2) is 0 Å². The average molecular weight is 256 g/mol. The summed E-state index contributed by atoms with van der Waals surface area (Å²) in [5.74, 6) is -0.948. The van der Waals surface area contributed by atoms with Crippen LogP contribution < -0.4 is 5.32 Å². The van der Waals surface area contributed by atoms with Crippen LogP contribution in [0.3, 0.4) is 0 Å². The SMILES string of the molecule is CCCCN(C(=O)N[C@H](CCC)C(=O)O)C1CC1. The molecule has 18 heavy (non-hydrogen) atoms. The van der Waals surface area contributed by atoms with Gasteiger partial charge in [0.1, 0.15) is 6.04 Å². The van der Waals surface area contributed by atoms with E-state index in [0.717, 1.165) is 38.6 Å². The van der Waals surface area contributed by atoms with Gasteiger partial charge in [0.25, 0.3) is 0 Å². The van der Waals surface area contributed by atoms with E-state index in [9.17, 15) is 9.59 Å². The van der Waals surface area contributed by atoms with Crippen LogP contribution in [0.5, 0.6) is 0 Å². The molecule has 2 amide bonds. The fourth-order valence-electron chi connectivity index (χ4n) is 1.94. The molecule has 1 aliphatic carbocycles. The lowest BCUT2D eigenvalue weighted by Gasteiger charge is -2.24. The predicted molar refractivity (Wildman–Crippen MR) is 69.5 cm³/mol. The van der Waals surface area contributed by atoms with Crippen molar-refractivity contribution in [2.75, 3.05) is 6.54 Å². The van der Waals surface area contributed by atoms with Crippen molar-refractivity contribution in [3.63, 3.8) is 0 Å².